The standard InChI is InChI=1S/C16H12Cl2N2O3/c1-9(21)19-13-5-3-2-4-11(13)15(22)16(23)20-14-7-6-10(17)8-12(14)18/h2-8H,1H3,(H,19,21)(H,20,23). The van der Waals surface area contributed by atoms with Crippen molar-refractivity contribution in [1.29, 1.82) is 0 Å². The summed E-state index contributed by atoms with van der Waals surface area (Å²) in [4.78, 5) is 35.6. The molecule has 0 spiro atoms. The fraction of sp³-hybridized carbons (Fsp3) is 0.0625. The van der Waals surface area contributed by atoms with E-state index in [1.165, 1.54) is 31.2 Å². The lowest BCUT2D eigenvalue weighted by Gasteiger charge is -2.10. The summed E-state index contributed by atoms with van der Waals surface area (Å²) in [5, 5.41) is 5.56. The molecule has 2 aromatic rings. The van der Waals surface area contributed by atoms with Gasteiger partial charge >= 0.3 is 0 Å². The molecule has 0 unspecified atom stereocenters. The molecule has 2 aromatic carbocycles. The molecule has 0 bridgehead atoms. The minimum absolute atomic E-state index is 0.0882. The van der Waals surface area contributed by atoms with Crippen LogP contribution in [0.15, 0.2) is 42.5 Å². The van der Waals surface area contributed by atoms with Crippen LogP contribution in [0.3, 0.4) is 0 Å². The number of anilines is 2. The highest BCUT2D eigenvalue weighted by molar-refractivity contribution is 6.48. The summed E-state index contributed by atoms with van der Waals surface area (Å²) >= 11 is 11.7. The Morgan fingerprint density at radius 1 is 0.913 bits per heavy atom. The molecule has 2 amide bonds. The van der Waals surface area contributed by atoms with E-state index in [0.717, 1.165) is 0 Å². The maximum absolute atomic E-state index is 12.3. The lowest BCUT2D eigenvalue weighted by atomic mass is 10.1. The number of amides is 2. The van der Waals surface area contributed by atoms with Crippen LogP contribution in [-0.2, 0) is 9.59 Å². The second kappa shape index (κ2) is 7.26. The first-order chi connectivity index (χ1) is 10.9. The van der Waals surface area contributed by atoms with Crippen LogP contribution in [0.2, 0.25) is 10.0 Å². The van der Waals surface area contributed by atoms with Gasteiger partial charge in [-0.05, 0) is 30.3 Å². The molecule has 5 nitrogen and oxygen atoms in total. The van der Waals surface area contributed by atoms with Gasteiger partial charge in [0.15, 0.2) is 0 Å². The Labute approximate surface area is 142 Å². The van der Waals surface area contributed by atoms with Crippen LogP contribution in [0, 0.1) is 0 Å². The van der Waals surface area contributed by atoms with Gasteiger partial charge in [-0.2, -0.15) is 0 Å². The van der Waals surface area contributed by atoms with E-state index in [9.17, 15) is 14.4 Å². The maximum Gasteiger partial charge on any atom is 0.296 e. The molecular weight excluding hydrogens is 339 g/mol. The Kier molecular flexibility index (Phi) is 5.36. The number of hydrogen-bond donors (Lipinski definition) is 2. The van der Waals surface area contributed by atoms with Crippen molar-refractivity contribution in [2.75, 3.05) is 10.6 Å². The van der Waals surface area contributed by atoms with Gasteiger partial charge in [0, 0.05) is 11.9 Å². The number of carbonyl (C=O) groups excluding carboxylic acids is 3. The number of carbonyl (C=O) groups is 3. The van der Waals surface area contributed by atoms with Crippen molar-refractivity contribution in [2.45, 2.75) is 6.92 Å². The third kappa shape index (κ3) is 4.31. The molecule has 0 saturated carbocycles. The van der Waals surface area contributed by atoms with Crippen LogP contribution < -0.4 is 10.6 Å². The predicted octanol–water partition coefficient (Wildman–Crippen LogP) is 3.77. The molecule has 0 aliphatic heterocycles. The second-order valence-corrected chi connectivity index (χ2v) is 5.48. The number of para-hydroxylation sites is 1. The first-order valence-electron chi connectivity index (χ1n) is 6.56. The third-order valence-electron chi connectivity index (χ3n) is 2.87. The number of halogens is 2. The molecule has 2 rings (SSSR count). The van der Waals surface area contributed by atoms with Gasteiger partial charge in [-0.1, -0.05) is 35.3 Å². The lowest BCUT2D eigenvalue weighted by molar-refractivity contribution is -0.114. The van der Waals surface area contributed by atoms with Gasteiger partial charge in [-0.15, -0.1) is 0 Å². The van der Waals surface area contributed by atoms with Crippen LogP contribution in [0.5, 0.6) is 0 Å². The van der Waals surface area contributed by atoms with E-state index in [0.29, 0.717) is 5.02 Å². The van der Waals surface area contributed by atoms with Crippen molar-refractivity contribution in [2.24, 2.45) is 0 Å². The van der Waals surface area contributed by atoms with Gasteiger partial charge in [-0.25, -0.2) is 0 Å². The summed E-state index contributed by atoms with van der Waals surface area (Å²) in [7, 11) is 0. The zero-order valence-electron chi connectivity index (χ0n) is 12.0. The first-order valence-corrected chi connectivity index (χ1v) is 7.31. The van der Waals surface area contributed by atoms with E-state index in [4.69, 9.17) is 23.2 Å². The SMILES string of the molecule is CC(=O)Nc1ccccc1C(=O)C(=O)Nc1ccc(Cl)cc1Cl. The average Bonchev–Trinajstić information content (AvgIpc) is 2.49. The molecule has 7 heteroatoms. The number of Topliss-reactive ketones (excluding diaryl/α,β-unsaturated/α-hetero) is 1. The zero-order chi connectivity index (χ0) is 17.0. The number of hydrogen-bond acceptors (Lipinski definition) is 3. The minimum atomic E-state index is -0.868. The average molecular weight is 351 g/mol. The van der Waals surface area contributed by atoms with Crippen molar-refractivity contribution in [1.82, 2.24) is 0 Å². The smallest absolute Gasteiger partial charge is 0.296 e. The van der Waals surface area contributed by atoms with Gasteiger partial charge < -0.3 is 10.6 Å². The molecule has 0 aliphatic carbocycles. The summed E-state index contributed by atoms with van der Waals surface area (Å²) < 4.78 is 0. The molecule has 0 aromatic heterocycles. The van der Waals surface area contributed by atoms with Crippen LogP contribution in [0.4, 0.5) is 11.4 Å². The largest absolute Gasteiger partial charge is 0.326 e. The summed E-state index contributed by atoms with van der Waals surface area (Å²) in [6.07, 6.45) is 0. The van der Waals surface area contributed by atoms with Crippen molar-refractivity contribution in [3.8, 4) is 0 Å². The van der Waals surface area contributed by atoms with Crippen LogP contribution in [0.1, 0.15) is 17.3 Å². The van der Waals surface area contributed by atoms with Gasteiger partial charge in [0.2, 0.25) is 5.91 Å². The molecule has 0 heterocycles. The molecule has 23 heavy (non-hydrogen) atoms. The Hall–Kier alpha value is -2.37. The number of nitrogens with one attached hydrogen (secondary N) is 2. The Morgan fingerprint density at radius 3 is 2.26 bits per heavy atom. The number of ketones is 1. The van der Waals surface area contributed by atoms with Crippen LogP contribution in [0.25, 0.3) is 0 Å². The summed E-state index contributed by atoms with van der Waals surface area (Å²) in [6.45, 7) is 1.31. The molecule has 118 valence electrons. The van der Waals surface area contributed by atoms with Gasteiger partial charge in [0.25, 0.3) is 11.7 Å². The quantitative estimate of drug-likeness (QED) is 0.650. The van der Waals surface area contributed by atoms with E-state index in [-0.39, 0.29) is 27.9 Å². The fourth-order valence-corrected chi connectivity index (χ4v) is 2.33. The number of benzene rings is 2. The van der Waals surface area contributed by atoms with Gasteiger partial charge in [0.05, 0.1) is 22.0 Å². The highest BCUT2D eigenvalue weighted by Gasteiger charge is 2.20. The molecule has 0 aliphatic rings. The Morgan fingerprint density at radius 2 is 1.61 bits per heavy atom. The van der Waals surface area contributed by atoms with Crippen LogP contribution >= 0.6 is 23.2 Å². The highest BCUT2D eigenvalue weighted by Crippen LogP contribution is 2.25. The topological polar surface area (TPSA) is 75.3 Å². The second-order valence-electron chi connectivity index (χ2n) is 4.63. The van der Waals surface area contributed by atoms with Crippen molar-refractivity contribution in [3.05, 3.63) is 58.1 Å². The Bertz CT molecular complexity index is 791. The van der Waals surface area contributed by atoms with Gasteiger partial charge in [0.1, 0.15) is 0 Å². The van der Waals surface area contributed by atoms with Crippen molar-refractivity contribution in [3.63, 3.8) is 0 Å². The maximum atomic E-state index is 12.3. The lowest BCUT2D eigenvalue weighted by Crippen LogP contribution is -2.24. The van der Waals surface area contributed by atoms with E-state index in [1.54, 1.807) is 18.2 Å². The molecule has 0 saturated heterocycles. The normalized spacial score (nSPS) is 10.0. The van der Waals surface area contributed by atoms with Crippen molar-refractivity contribution < 1.29 is 14.4 Å². The minimum Gasteiger partial charge on any atom is -0.326 e. The summed E-state index contributed by atoms with van der Waals surface area (Å²) in [5.74, 6) is -2.00. The van der Waals surface area contributed by atoms with E-state index >= 15 is 0 Å². The van der Waals surface area contributed by atoms with E-state index in [1.807, 2.05) is 0 Å². The molecule has 2 N–H and O–H groups in total. The van der Waals surface area contributed by atoms with Crippen molar-refractivity contribution >= 4 is 52.2 Å². The molecule has 0 atom stereocenters. The predicted molar refractivity (Wildman–Crippen MR) is 90.2 cm³/mol. The highest BCUT2D eigenvalue weighted by atomic mass is 35.5. The monoisotopic (exact) mass is 350 g/mol. The zero-order valence-corrected chi connectivity index (χ0v) is 13.5. The first kappa shape index (κ1) is 17.0. The third-order valence-corrected chi connectivity index (χ3v) is 3.42. The Balaban J connectivity index is 2.23. The van der Waals surface area contributed by atoms with Crippen LogP contribution in [-0.4, -0.2) is 17.6 Å². The summed E-state index contributed by atoms with van der Waals surface area (Å²) in [5.41, 5.74) is 0.624. The molecule has 0 fully saturated rings. The summed E-state index contributed by atoms with van der Waals surface area (Å²) in [6, 6.07) is 10.7. The molecular formula is C16H12Cl2N2O3. The molecule has 0 radical (unpaired) electrons. The van der Waals surface area contributed by atoms with E-state index in [2.05, 4.69) is 10.6 Å². The number of rotatable bonds is 4. The van der Waals surface area contributed by atoms with E-state index < -0.39 is 11.7 Å². The fourth-order valence-electron chi connectivity index (χ4n) is 1.87. The van der Waals surface area contributed by atoms with Gasteiger partial charge in [-0.3, -0.25) is 14.4 Å².